The third kappa shape index (κ3) is 6.74. The van der Waals surface area contributed by atoms with Crippen LogP contribution in [0.2, 0.25) is 0 Å². The number of nitrogens with zero attached hydrogens (tertiary/aromatic N) is 3. The number of ether oxygens (including phenoxy) is 1. The van der Waals surface area contributed by atoms with Crippen LogP contribution in [-0.4, -0.2) is 69.2 Å². The summed E-state index contributed by atoms with van der Waals surface area (Å²) >= 11 is 1.83. The quantitative estimate of drug-likeness (QED) is 0.293. The van der Waals surface area contributed by atoms with Gasteiger partial charge in [-0.2, -0.15) is 0 Å². The lowest BCUT2D eigenvalue weighted by atomic mass is 10.2. The van der Waals surface area contributed by atoms with Crippen LogP contribution in [-0.2, 0) is 4.74 Å². The molecule has 2 heterocycles. The van der Waals surface area contributed by atoms with E-state index in [2.05, 4.69) is 51.2 Å². The Morgan fingerprint density at radius 3 is 2.88 bits per heavy atom. The van der Waals surface area contributed by atoms with Crippen LogP contribution in [0.5, 0.6) is 0 Å². The summed E-state index contributed by atoms with van der Waals surface area (Å²) in [5.41, 5.74) is 0. The number of guanidine groups is 1. The van der Waals surface area contributed by atoms with Gasteiger partial charge in [0.1, 0.15) is 0 Å². The Labute approximate surface area is 162 Å². The van der Waals surface area contributed by atoms with Crippen LogP contribution in [0.25, 0.3) is 0 Å². The molecule has 2 rings (SSSR count). The molecule has 1 aliphatic heterocycles. The number of rotatable bonds is 10. The summed E-state index contributed by atoms with van der Waals surface area (Å²) in [5, 5.41) is 5.75. The first-order chi connectivity index (χ1) is 12.8. The lowest BCUT2D eigenvalue weighted by Gasteiger charge is -2.35. The molecule has 1 unspecified atom stereocenters. The van der Waals surface area contributed by atoms with Gasteiger partial charge < -0.3 is 15.0 Å². The number of allylic oxidation sites excluding steroid dienone is 1. The molecule has 1 aliphatic rings. The summed E-state index contributed by atoms with van der Waals surface area (Å²) in [6.45, 7) is 9.30. The van der Waals surface area contributed by atoms with E-state index in [1.165, 1.54) is 24.1 Å². The summed E-state index contributed by atoms with van der Waals surface area (Å²) in [4.78, 5) is 10.6. The highest BCUT2D eigenvalue weighted by Crippen LogP contribution is 2.25. The molecule has 6 heteroatoms. The first-order valence-electron chi connectivity index (χ1n) is 9.64. The number of hydrogen-bond acceptors (Lipinski definition) is 4. The molecule has 5 nitrogen and oxygen atoms in total. The molecule has 0 aliphatic carbocycles. The van der Waals surface area contributed by atoms with Gasteiger partial charge in [-0.15, -0.1) is 17.9 Å². The number of aliphatic imine (C=N–C) groups is 1. The van der Waals surface area contributed by atoms with Crippen LogP contribution < -0.4 is 5.32 Å². The number of unbranched alkanes of at least 4 members (excludes halogenated alkanes) is 3. The van der Waals surface area contributed by atoms with Crippen LogP contribution in [0.1, 0.15) is 36.6 Å². The van der Waals surface area contributed by atoms with Gasteiger partial charge in [-0.1, -0.05) is 18.6 Å². The van der Waals surface area contributed by atoms with Crippen molar-refractivity contribution in [3.63, 3.8) is 0 Å². The standard InChI is InChI=1S/C20H34N4OS/c1-4-5-6-7-8-11-23(3)20(21-2)22-17-18(19-10-9-16-26-19)24-12-14-25-15-13-24/h4,9-10,16,18H,1,5-8,11-15,17H2,2-3H3,(H,21,22). The van der Waals surface area contributed by atoms with Gasteiger partial charge in [-0.25, -0.2) is 0 Å². The lowest BCUT2D eigenvalue weighted by molar-refractivity contribution is 0.0176. The number of nitrogens with one attached hydrogen (secondary N) is 1. The zero-order valence-corrected chi connectivity index (χ0v) is 17.1. The van der Waals surface area contributed by atoms with Crippen molar-refractivity contribution >= 4 is 17.3 Å². The highest BCUT2D eigenvalue weighted by atomic mass is 32.1. The molecule has 1 aromatic heterocycles. The Balaban J connectivity index is 1.85. The Morgan fingerprint density at radius 1 is 1.42 bits per heavy atom. The molecule has 0 saturated carbocycles. The van der Waals surface area contributed by atoms with Gasteiger partial charge in [0.25, 0.3) is 0 Å². The van der Waals surface area contributed by atoms with Crippen molar-refractivity contribution in [2.45, 2.75) is 31.7 Å². The average Bonchev–Trinajstić information content (AvgIpc) is 3.20. The van der Waals surface area contributed by atoms with Gasteiger partial charge in [0.2, 0.25) is 0 Å². The minimum Gasteiger partial charge on any atom is -0.379 e. The topological polar surface area (TPSA) is 40.1 Å². The molecular weight excluding hydrogens is 344 g/mol. The van der Waals surface area contributed by atoms with E-state index in [1.54, 1.807) is 0 Å². The van der Waals surface area contributed by atoms with Crippen molar-refractivity contribution in [3.8, 4) is 0 Å². The van der Waals surface area contributed by atoms with Crippen molar-refractivity contribution in [1.82, 2.24) is 15.1 Å². The van der Waals surface area contributed by atoms with Gasteiger partial charge in [0.15, 0.2) is 5.96 Å². The van der Waals surface area contributed by atoms with E-state index in [-0.39, 0.29) is 0 Å². The number of thiophene rings is 1. The van der Waals surface area contributed by atoms with E-state index in [4.69, 9.17) is 4.74 Å². The van der Waals surface area contributed by atoms with Crippen LogP contribution in [0.15, 0.2) is 35.2 Å². The van der Waals surface area contributed by atoms with E-state index in [1.807, 2.05) is 24.5 Å². The highest BCUT2D eigenvalue weighted by molar-refractivity contribution is 7.10. The Bertz CT molecular complexity index is 526. The molecule has 1 N–H and O–H groups in total. The summed E-state index contributed by atoms with van der Waals surface area (Å²) in [6, 6.07) is 4.74. The van der Waals surface area contributed by atoms with Crippen LogP contribution >= 0.6 is 11.3 Å². The zero-order chi connectivity index (χ0) is 18.6. The van der Waals surface area contributed by atoms with E-state index in [0.29, 0.717) is 6.04 Å². The number of hydrogen-bond donors (Lipinski definition) is 1. The fourth-order valence-corrected chi connectivity index (χ4v) is 4.13. The molecule has 0 aromatic carbocycles. The number of morpholine rings is 1. The van der Waals surface area contributed by atoms with Gasteiger partial charge in [-0.3, -0.25) is 9.89 Å². The minimum absolute atomic E-state index is 0.372. The Morgan fingerprint density at radius 2 is 2.23 bits per heavy atom. The highest BCUT2D eigenvalue weighted by Gasteiger charge is 2.24. The van der Waals surface area contributed by atoms with Crippen molar-refractivity contribution in [2.75, 3.05) is 53.5 Å². The van der Waals surface area contributed by atoms with Gasteiger partial charge in [0.05, 0.1) is 19.3 Å². The second-order valence-corrected chi connectivity index (χ2v) is 7.65. The normalized spacial score (nSPS) is 17.1. The lowest BCUT2D eigenvalue weighted by Crippen LogP contribution is -2.46. The first-order valence-corrected chi connectivity index (χ1v) is 10.5. The van der Waals surface area contributed by atoms with E-state index >= 15 is 0 Å². The van der Waals surface area contributed by atoms with Crippen molar-refractivity contribution < 1.29 is 4.74 Å². The molecule has 1 fully saturated rings. The van der Waals surface area contributed by atoms with Crippen molar-refractivity contribution in [1.29, 1.82) is 0 Å². The Hall–Kier alpha value is -1.37. The van der Waals surface area contributed by atoms with Crippen LogP contribution in [0.4, 0.5) is 0 Å². The molecule has 0 amide bonds. The van der Waals surface area contributed by atoms with Crippen LogP contribution in [0.3, 0.4) is 0 Å². The van der Waals surface area contributed by atoms with E-state index in [9.17, 15) is 0 Å². The summed E-state index contributed by atoms with van der Waals surface area (Å²) < 4.78 is 5.53. The third-order valence-corrected chi connectivity index (χ3v) is 5.76. The van der Waals surface area contributed by atoms with Crippen molar-refractivity contribution in [3.05, 3.63) is 35.0 Å². The smallest absolute Gasteiger partial charge is 0.193 e. The molecule has 1 atom stereocenters. The van der Waals surface area contributed by atoms with Gasteiger partial charge in [0, 0.05) is 45.2 Å². The largest absolute Gasteiger partial charge is 0.379 e. The molecule has 1 saturated heterocycles. The summed E-state index contributed by atoms with van der Waals surface area (Å²) in [5.74, 6) is 0.975. The summed E-state index contributed by atoms with van der Waals surface area (Å²) in [6.07, 6.45) is 6.75. The minimum atomic E-state index is 0.372. The van der Waals surface area contributed by atoms with Crippen molar-refractivity contribution in [2.24, 2.45) is 4.99 Å². The predicted octanol–water partition coefficient (Wildman–Crippen LogP) is 3.38. The Kier molecular flexibility index (Phi) is 9.74. The first kappa shape index (κ1) is 20.9. The predicted molar refractivity (Wildman–Crippen MR) is 112 cm³/mol. The average molecular weight is 379 g/mol. The fraction of sp³-hybridized carbons (Fsp3) is 0.650. The van der Waals surface area contributed by atoms with Gasteiger partial charge >= 0.3 is 0 Å². The maximum atomic E-state index is 5.53. The molecule has 0 bridgehead atoms. The third-order valence-electron chi connectivity index (χ3n) is 4.79. The molecule has 0 spiro atoms. The second kappa shape index (κ2) is 12.1. The van der Waals surface area contributed by atoms with Gasteiger partial charge in [-0.05, 0) is 30.7 Å². The maximum Gasteiger partial charge on any atom is 0.193 e. The molecular formula is C20H34N4OS. The molecule has 26 heavy (non-hydrogen) atoms. The van der Waals surface area contributed by atoms with Crippen LogP contribution in [0, 0.1) is 0 Å². The molecule has 0 radical (unpaired) electrons. The summed E-state index contributed by atoms with van der Waals surface area (Å²) in [7, 11) is 3.99. The second-order valence-electron chi connectivity index (χ2n) is 6.67. The molecule has 146 valence electrons. The van der Waals surface area contributed by atoms with E-state index < -0.39 is 0 Å². The SMILES string of the molecule is C=CCCCCCN(C)C(=NC)NCC(c1cccs1)N1CCOCC1. The monoisotopic (exact) mass is 378 g/mol. The fourth-order valence-electron chi connectivity index (χ4n) is 3.27. The van der Waals surface area contributed by atoms with E-state index in [0.717, 1.165) is 51.8 Å². The zero-order valence-electron chi connectivity index (χ0n) is 16.3. The molecule has 1 aromatic rings. The maximum absolute atomic E-state index is 5.53.